The van der Waals surface area contributed by atoms with Crippen molar-refractivity contribution in [1.29, 1.82) is 0 Å². The second-order valence-corrected chi connectivity index (χ2v) is 5.52. The molecule has 0 aromatic heterocycles. The van der Waals surface area contributed by atoms with Gasteiger partial charge in [-0.1, -0.05) is 0 Å². The standard InChI is InChI=1S/C12H24O4/c1-11(2,3)16-10(14)12(4,5)9-15-8-6-7-13/h13H,6-9H2,1-5H3. The number of aliphatic hydroxyl groups is 1. The van der Waals surface area contributed by atoms with Crippen molar-refractivity contribution in [3.8, 4) is 0 Å². The van der Waals surface area contributed by atoms with Gasteiger partial charge in [0.05, 0.1) is 12.0 Å². The molecule has 0 heterocycles. The van der Waals surface area contributed by atoms with Crippen LogP contribution in [-0.4, -0.2) is 36.5 Å². The molecule has 0 aromatic rings. The smallest absolute Gasteiger partial charge is 0.314 e. The van der Waals surface area contributed by atoms with Crippen LogP contribution in [0.25, 0.3) is 0 Å². The van der Waals surface area contributed by atoms with Crippen molar-refractivity contribution in [2.24, 2.45) is 5.41 Å². The van der Waals surface area contributed by atoms with Crippen LogP contribution in [-0.2, 0) is 14.3 Å². The van der Waals surface area contributed by atoms with E-state index in [0.717, 1.165) is 0 Å². The molecule has 0 aromatic carbocycles. The minimum atomic E-state index is -0.650. The number of carbonyl (C=O) groups is 1. The van der Waals surface area contributed by atoms with Crippen LogP contribution >= 0.6 is 0 Å². The topological polar surface area (TPSA) is 55.8 Å². The van der Waals surface area contributed by atoms with E-state index in [2.05, 4.69) is 0 Å². The lowest BCUT2D eigenvalue weighted by molar-refractivity contribution is -0.169. The van der Waals surface area contributed by atoms with E-state index in [1.807, 2.05) is 20.8 Å². The zero-order valence-corrected chi connectivity index (χ0v) is 11.0. The van der Waals surface area contributed by atoms with Crippen LogP contribution in [0.2, 0.25) is 0 Å². The minimum absolute atomic E-state index is 0.104. The number of carbonyl (C=O) groups excluding carboxylic acids is 1. The van der Waals surface area contributed by atoms with Gasteiger partial charge in [0.15, 0.2) is 0 Å². The number of rotatable bonds is 6. The predicted molar refractivity (Wildman–Crippen MR) is 62.1 cm³/mol. The highest BCUT2D eigenvalue weighted by atomic mass is 16.6. The zero-order valence-electron chi connectivity index (χ0n) is 11.0. The molecule has 0 radical (unpaired) electrons. The highest BCUT2D eigenvalue weighted by molar-refractivity contribution is 5.76. The number of esters is 1. The molecule has 0 aliphatic rings. The normalized spacial score (nSPS) is 12.6. The Kier molecular flexibility index (Phi) is 5.97. The molecule has 4 nitrogen and oxygen atoms in total. The van der Waals surface area contributed by atoms with Crippen LogP contribution < -0.4 is 0 Å². The average molecular weight is 232 g/mol. The molecule has 1 N–H and O–H groups in total. The van der Waals surface area contributed by atoms with Crippen molar-refractivity contribution in [3.63, 3.8) is 0 Å². The first-order valence-corrected chi connectivity index (χ1v) is 5.61. The third-order valence-corrected chi connectivity index (χ3v) is 1.86. The van der Waals surface area contributed by atoms with Crippen LogP contribution in [0.15, 0.2) is 0 Å². The molecule has 96 valence electrons. The van der Waals surface area contributed by atoms with Crippen LogP contribution in [0.4, 0.5) is 0 Å². The maximum atomic E-state index is 11.8. The lowest BCUT2D eigenvalue weighted by atomic mass is 9.94. The van der Waals surface area contributed by atoms with Gasteiger partial charge in [-0.2, -0.15) is 0 Å². The summed E-state index contributed by atoms with van der Waals surface area (Å²) in [6.07, 6.45) is 0.588. The Hall–Kier alpha value is -0.610. The second-order valence-electron chi connectivity index (χ2n) is 5.52. The van der Waals surface area contributed by atoms with Crippen LogP contribution in [0.3, 0.4) is 0 Å². The fourth-order valence-corrected chi connectivity index (χ4v) is 0.969. The van der Waals surface area contributed by atoms with Crippen molar-refractivity contribution in [1.82, 2.24) is 0 Å². The molecule has 16 heavy (non-hydrogen) atoms. The van der Waals surface area contributed by atoms with E-state index >= 15 is 0 Å². The van der Waals surface area contributed by atoms with Crippen molar-refractivity contribution < 1.29 is 19.4 Å². The lowest BCUT2D eigenvalue weighted by Crippen LogP contribution is -2.37. The van der Waals surface area contributed by atoms with Gasteiger partial charge in [-0.3, -0.25) is 4.79 Å². The maximum absolute atomic E-state index is 11.8. The van der Waals surface area contributed by atoms with Crippen molar-refractivity contribution in [2.75, 3.05) is 19.8 Å². The quantitative estimate of drug-likeness (QED) is 0.560. The molecule has 0 fully saturated rings. The van der Waals surface area contributed by atoms with E-state index in [0.29, 0.717) is 19.6 Å². The number of hydrogen-bond donors (Lipinski definition) is 1. The van der Waals surface area contributed by atoms with Crippen LogP contribution in [0.1, 0.15) is 41.0 Å². The zero-order chi connectivity index (χ0) is 12.8. The van der Waals surface area contributed by atoms with E-state index in [-0.39, 0.29) is 12.6 Å². The number of ether oxygens (including phenoxy) is 2. The van der Waals surface area contributed by atoms with E-state index in [1.54, 1.807) is 13.8 Å². The summed E-state index contributed by atoms with van der Waals surface area (Å²) in [5.74, 6) is -0.260. The molecule has 0 amide bonds. The van der Waals surface area contributed by atoms with Gasteiger partial charge < -0.3 is 14.6 Å². The van der Waals surface area contributed by atoms with Crippen molar-refractivity contribution >= 4 is 5.97 Å². The Morgan fingerprint density at radius 3 is 2.19 bits per heavy atom. The second kappa shape index (κ2) is 6.21. The molecule has 0 atom stereocenters. The minimum Gasteiger partial charge on any atom is -0.459 e. The third kappa shape index (κ3) is 6.80. The van der Waals surface area contributed by atoms with Crippen LogP contribution in [0.5, 0.6) is 0 Å². The molecule has 0 rings (SSSR count). The van der Waals surface area contributed by atoms with Gasteiger partial charge in [-0.25, -0.2) is 0 Å². The molecule has 4 heteroatoms. The highest BCUT2D eigenvalue weighted by Crippen LogP contribution is 2.21. The highest BCUT2D eigenvalue weighted by Gasteiger charge is 2.32. The van der Waals surface area contributed by atoms with E-state index in [9.17, 15) is 4.79 Å². The SMILES string of the molecule is CC(C)(C)OC(=O)C(C)(C)COCCCO. The lowest BCUT2D eigenvalue weighted by Gasteiger charge is -2.28. The summed E-state index contributed by atoms with van der Waals surface area (Å²) in [4.78, 5) is 11.8. The maximum Gasteiger partial charge on any atom is 0.314 e. The molecule has 0 spiro atoms. The van der Waals surface area contributed by atoms with Gasteiger partial charge in [0.2, 0.25) is 0 Å². The summed E-state index contributed by atoms with van der Waals surface area (Å²) in [5, 5.41) is 8.59. The average Bonchev–Trinajstić information content (AvgIpc) is 2.09. The molecular weight excluding hydrogens is 208 g/mol. The van der Waals surface area contributed by atoms with E-state index in [4.69, 9.17) is 14.6 Å². The summed E-state index contributed by atoms with van der Waals surface area (Å²) < 4.78 is 10.6. The molecule has 0 saturated heterocycles. The summed E-state index contributed by atoms with van der Waals surface area (Å²) in [7, 11) is 0. The number of hydrogen-bond acceptors (Lipinski definition) is 4. The first kappa shape index (κ1) is 15.4. The van der Waals surface area contributed by atoms with Crippen molar-refractivity contribution in [2.45, 2.75) is 46.6 Å². The van der Waals surface area contributed by atoms with E-state index in [1.165, 1.54) is 0 Å². The summed E-state index contributed by atoms with van der Waals surface area (Å²) in [5.41, 5.74) is -1.12. The monoisotopic (exact) mass is 232 g/mol. The van der Waals surface area contributed by atoms with Gasteiger partial charge in [0.1, 0.15) is 5.60 Å². The van der Waals surface area contributed by atoms with Crippen LogP contribution in [0, 0.1) is 5.41 Å². The summed E-state index contributed by atoms with van der Waals surface area (Å²) >= 11 is 0. The van der Waals surface area contributed by atoms with Gasteiger partial charge >= 0.3 is 5.97 Å². The Balaban J connectivity index is 4.06. The molecule has 0 aliphatic carbocycles. The molecule has 0 saturated carbocycles. The fourth-order valence-electron chi connectivity index (χ4n) is 0.969. The van der Waals surface area contributed by atoms with Gasteiger partial charge in [-0.15, -0.1) is 0 Å². The number of aliphatic hydroxyl groups excluding tert-OH is 1. The Bertz CT molecular complexity index is 216. The van der Waals surface area contributed by atoms with Gasteiger partial charge in [-0.05, 0) is 41.0 Å². The Morgan fingerprint density at radius 2 is 1.75 bits per heavy atom. The fraction of sp³-hybridized carbons (Fsp3) is 0.917. The van der Waals surface area contributed by atoms with Gasteiger partial charge in [0, 0.05) is 13.2 Å². The van der Waals surface area contributed by atoms with E-state index < -0.39 is 11.0 Å². The van der Waals surface area contributed by atoms with Gasteiger partial charge in [0.25, 0.3) is 0 Å². The third-order valence-electron chi connectivity index (χ3n) is 1.86. The molecule has 0 bridgehead atoms. The molecule has 0 aliphatic heterocycles. The summed E-state index contributed by atoms with van der Waals surface area (Å²) in [6, 6.07) is 0. The Labute approximate surface area is 97.9 Å². The van der Waals surface area contributed by atoms with Crippen molar-refractivity contribution in [3.05, 3.63) is 0 Å². The summed E-state index contributed by atoms with van der Waals surface area (Å²) in [6.45, 7) is 9.98. The molecular formula is C12H24O4. The molecule has 0 unspecified atom stereocenters. The first-order valence-electron chi connectivity index (χ1n) is 5.61. The largest absolute Gasteiger partial charge is 0.459 e. The predicted octanol–water partition coefficient (Wildman–Crippen LogP) is 1.75. The Morgan fingerprint density at radius 1 is 1.19 bits per heavy atom. The first-order chi connectivity index (χ1) is 7.19.